The Balaban J connectivity index is 2.03. The van der Waals surface area contributed by atoms with Crippen molar-refractivity contribution in [2.24, 2.45) is 0 Å². The van der Waals surface area contributed by atoms with Crippen LogP contribution in [0.15, 0.2) is 24.3 Å². The second-order valence-corrected chi connectivity index (χ2v) is 7.08. The lowest BCUT2D eigenvalue weighted by Crippen LogP contribution is -2.27. The lowest BCUT2D eigenvalue weighted by atomic mass is 10.1. The monoisotopic (exact) mass is 305 g/mol. The lowest BCUT2D eigenvalue weighted by Gasteiger charge is -2.23. The van der Waals surface area contributed by atoms with E-state index in [-0.39, 0.29) is 5.54 Å². The number of hydrogen-bond donors (Lipinski definition) is 1. The Bertz CT molecular complexity index is 656. The van der Waals surface area contributed by atoms with Crippen LogP contribution < -0.4 is 0 Å². The summed E-state index contributed by atoms with van der Waals surface area (Å²) < 4.78 is 1.84. The molecule has 0 radical (unpaired) electrons. The fraction of sp³-hybridized carbons (Fsp3) is 0.500. The minimum absolute atomic E-state index is 0.227. The third-order valence-electron chi connectivity index (χ3n) is 3.64. The number of aliphatic hydroxyl groups excluding tert-OH is 1. The molecule has 1 heterocycles. The second-order valence-electron chi connectivity index (χ2n) is 6.64. The Morgan fingerprint density at radius 2 is 2.05 bits per heavy atom. The highest BCUT2D eigenvalue weighted by molar-refractivity contribution is 6.30. The average Bonchev–Trinajstić information content (AvgIpc) is 3.15. The molecule has 0 unspecified atom stereocenters. The Kier molecular flexibility index (Phi) is 3.54. The van der Waals surface area contributed by atoms with Crippen LogP contribution in [0, 0.1) is 0 Å². The van der Waals surface area contributed by atoms with Crippen molar-refractivity contribution in [2.45, 2.75) is 51.2 Å². The lowest BCUT2D eigenvalue weighted by molar-refractivity contribution is 0.189. The maximum absolute atomic E-state index is 10.7. The number of halogens is 1. The molecule has 3 rings (SSSR count). The number of aliphatic hydroxyl groups is 1. The molecule has 0 spiro atoms. The Hall–Kier alpha value is -1.39. The third kappa shape index (κ3) is 2.97. The molecular weight excluding hydrogens is 286 g/mol. The molecule has 0 bridgehead atoms. The molecule has 1 atom stereocenters. The first-order valence-electron chi connectivity index (χ1n) is 7.27. The van der Waals surface area contributed by atoms with Crippen molar-refractivity contribution < 1.29 is 5.11 Å². The molecule has 0 saturated heterocycles. The van der Waals surface area contributed by atoms with Crippen molar-refractivity contribution >= 4 is 11.6 Å². The molecule has 0 amide bonds. The van der Waals surface area contributed by atoms with Crippen LogP contribution in [0.2, 0.25) is 5.02 Å². The number of nitrogens with zero attached hydrogens (tertiary/aromatic N) is 3. The van der Waals surface area contributed by atoms with Gasteiger partial charge in [-0.1, -0.05) is 23.7 Å². The quantitative estimate of drug-likeness (QED) is 0.941. The minimum atomic E-state index is -0.817. The summed E-state index contributed by atoms with van der Waals surface area (Å²) in [6.07, 6.45) is 1.46. The van der Waals surface area contributed by atoms with Crippen molar-refractivity contribution in [1.29, 1.82) is 0 Å². The van der Waals surface area contributed by atoms with Gasteiger partial charge in [0, 0.05) is 10.9 Å². The number of hydrogen-bond acceptors (Lipinski definition) is 3. The zero-order chi connectivity index (χ0) is 15.2. The van der Waals surface area contributed by atoms with E-state index in [1.165, 1.54) is 0 Å². The predicted molar refractivity (Wildman–Crippen MR) is 82.5 cm³/mol. The number of benzene rings is 1. The van der Waals surface area contributed by atoms with Gasteiger partial charge in [-0.2, -0.15) is 5.10 Å². The van der Waals surface area contributed by atoms with Crippen LogP contribution in [0.3, 0.4) is 0 Å². The SMILES string of the molecule is CC(C)(C)n1nc(C2CC2)nc1[C@H](O)c1cccc(Cl)c1. The van der Waals surface area contributed by atoms with Crippen molar-refractivity contribution in [2.75, 3.05) is 0 Å². The first-order chi connectivity index (χ1) is 9.86. The molecule has 1 aliphatic rings. The van der Waals surface area contributed by atoms with Crippen LogP contribution in [0.4, 0.5) is 0 Å². The zero-order valence-corrected chi connectivity index (χ0v) is 13.3. The molecular formula is C16H20ClN3O. The number of rotatable bonds is 3. The highest BCUT2D eigenvalue weighted by Crippen LogP contribution is 2.39. The van der Waals surface area contributed by atoms with E-state index < -0.39 is 6.10 Å². The fourth-order valence-electron chi connectivity index (χ4n) is 2.35. The van der Waals surface area contributed by atoms with Crippen molar-refractivity contribution in [1.82, 2.24) is 14.8 Å². The molecule has 1 saturated carbocycles. The summed E-state index contributed by atoms with van der Waals surface area (Å²) in [5.74, 6) is 1.89. The molecule has 1 aliphatic carbocycles. The van der Waals surface area contributed by atoms with Gasteiger partial charge in [-0.3, -0.25) is 0 Å². The van der Waals surface area contributed by atoms with Gasteiger partial charge in [0.05, 0.1) is 5.54 Å². The van der Waals surface area contributed by atoms with Gasteiger partial charge in [0.15, 0.2) is 11.6 Å². The van der Waals surface area contributed by atoms with E-state index in [4.69, 9.17) is 11.6 Å². The normalized spacial score (nSPS) is 17.0. The van der Waals surface area contributed by atoms with Gasteiger partial charge < -0.3 is 5.11 Å². The molecule has 2 aromatic rings. The summed E-state index contributed by atoms with van der Waals surface area (Å²) in [6, 6.07) is 7.25. The van der Waals surface area contributed by atoms with Gasteiger partial charge >= 0.3 is 0 Å². The van der Waals surface area contributed by atoms with E-state index in [2.05, 4.69) is 30.9 Å². The van der Waals surface area contributed by atoms with Crippen molar-refractivity contribution in [3.63, 3.8) is 0 Å². The fourth-order valence-corrected chi connectivity index (χ4v) is 2.55. The van der Waals surface area contributed by atoms with Crippen LogP contribution in [-0.2, 0) is 5.54 Å². The average molecular weight is 306 g/mol. The molecule has 21 heavy (non-hydrogen) atoms. The molecule has 112 valence electrons. The van der Waals surface area contributed by atoms with Crippen LogP contribution in [-0.4, -0.2) is 19.9 Å². The smallest absolute Gasteiger partial charge is 0.161 e. The van der Waals surface area contributed by atoms with E-state index >= 15 is 0 Å². The van der Waals surface area contributed by atoms with Gasteiger partial charge in [-0.15, -0.1) is 0 Å². The Morgan fingerprint density at radius 1 is 1.33 bits per heavy atom. The summed E-state index contributed by atoms with van der Waals surface area (Å²) in [4.78, 5) is 4.60. The summed E-state index contributed by atoms with van der Waals surface area (Å²) in [5, 5.41) is 15.9. The molecule has 5 heteroatoms. The maximum atomic E-state index is 10.7. The van der Waals surface area contributed by atoms with E-state index in [1.54, 1.807) is 12.1 Å². The van der Waals surface area contributed by atoms with Crippen molar-refractivity contribution in [3.05, 3.63) is 46.5 Å². The summed E-state index contributed by atoms with van der Waals surface area (Å²) in [7, 11) is 0. The Morgan fingerprint density at radius 3 is 2.62 bits per heavy atom. The van der Waals surface area contributed by atoms with Gasteiger partial charge in [-0.25, -0.2) is 9.67 Å². The highest BCUT2D eigenvalue weighted by atomic mass is 35.5. The standard InChI is InChI=1S/C16H20ClN3O/c1-16(2,3)20-15(18-14(19-20)10-7-8-10)13(21)11-5-4-6-12(17)9-11/h4-6,9-10,13,21H,7-8H2,1-3H3/t13-/m1/s1. The summed E-state index contributed by atoms with van der Waals surface area (Å²) >= 11 is 6.02. The zero-order valence-electron chi connectivity index (χ0n) is 12.5. The van der Waals surface area contributed by atoms with Crippen LogP contribution in [0.25, 0.3) is 0 Å². The third-order valence-corrected chi connectivity index (χ3v) is 3.87. The highest BCUT2D eigenvalue weighted by Gasteiger charge is 2.33. The van der Waals surface area contributed by atoms with Crippen molar-refractivity contribution in [3.8, 4) is 0 Å². The first-order valence-corrected chi connectivity index (χ1v) is 7.65. The van der Waals surface area contributed by atoms with E-state index in [0.717, 1.165) is 24.2 Å². The van der Waals surface area contributed by atoms with E-state index in [1.807, 2.05) is 16.8 Å². The summed E-state index contributed by atoms with van der Waals surface area (Å²) in [5.41, 5.74) is 0.512. The topological polar surface area (TPSA) is 50.9 Å². The van der Waals surface area contributed by atoms with Gasteiger partial charge in [0.25, 0.3) is 0 Å². The first kappa shape index (κ1) is 14.5. The van der Waals surface area contributed by atoms with E-state index in [9.17, 15) is 5.11 Å². The largest absolute Gasteiger partial charge is 0.380 e. The van der Waals surface area contributed by atoms with Gasteiger partial charge in [-0.05, 0) is 51.3 Å². The van der Waals surface area contributed by atoms with Crippen LogP contribution in [0.5, 0.6) is 0 Å². The predicted octanol–water partition coefficient (Wildman–Crippen LogP) is 3.65. The maximum Gasteiger partial charge on any atom is 0.161 e. The number of aromatic nitrogens is 3. The second kappa shape index (κ2) is 5.11. The molecule has 1 N–H and O–H groups in total. The van der Waals surface area contributed by atoms with Gasteiger partial charge in [0.2, 0.25) is 0 Å². The molecule has 1 aromatic heterocycles. The summed E-state index contributed by atoms with van der Waals surface area (Å²) in [6.45, 7) is 6.19. The van der Waals surface area contributed by atoms with Gasteiger partial charge in [0.1, 0.15) is 6.10 Å². The van der Waals surface area contributed by atoms with Crippen LogP contribution >= 0.6 is 11.6 Å². The van der Waals surface area contributed by atoms with Crippen LogP contribution in [0.1, 0.15) is 62.8 Å². The molecule has 4 nitrogen and oxygen atoms in total. The molecule has 0 aliphatic heterocycles. The molecule has 1 aromatic carbocycles. The minimum Gasteiger partial charge on any atom is -0.380 e. The van der Waals surface area contributed by atoms with E-state index in [0.29, 0.717) is 16.8 Å². The molecule has 1 fully saturated rings. The Labute approximate surface area is 129 Å².